The standard InChI is InChI=1S/C13H20N2O5S/c1-15(9-11(16)10-20-2)13(17)8-14-21(18,19)12-6-4-3-5-7-12/h3-7,11,14,16H,8-10H2,1-2H3. The number of ether oxygens (including phenoxy) is 1. The summed E-state index contributed by atoms with van der Waals surface area (Å²) in [5.41, 5.74) is 0. The molecule has 1 aromatic carbocycles. The monoisotopic (exact) mass is 316 g/mol. The van der Waals surface area contributed by atoms with Gasteiger partial charge < -0.3 is 14.7 Å². The van der Waals surface area contributed by atoms with E-state index in [1.165, 1.54) is 31.2 Å². The van der Waals surface area contributed by atoms with Crippen molar-refractivity contribution in [3.05, 3.63) is 30.3 Å². The molecule has 0 spiro atoms. The summed E-state index contributed by atoms with van der Waals surface area (Å²) < 4.78 is 30.9. The van der Waals surface area contributed by atoms with Gasteiger partial charge in [-0.25, -0.2) is 13.1 Å². The summed E-state index contributed by atoms with van der Waals surface area (Å²) >= 11 is 0. The fraction of sp³-hybridized carbons (Fsp3) is 0.462. The van der Waals surface area contributed by atoms with E-state index in [9.17, 15) is 18.3 Å². The Morgan fingerprint density at radius 2 is 2.00 bits per heavy atom. The quantitative estimate of drug-likeness (QED) is 0.670. The topological polar surface area (TPSA) is 95.9 Å². The average molecular weight is 316 g/mol. The van der Waals surface area contributed by atoms with Gasteiger partial charge in [-0.1, -0.05) is 18.2 Å². The smallest absolute Gasteiger partial charge is 0.241 e. The summed E-state index contributed by atoms with van der Waals surface area (Å²) in [7, 11) is -0.785. The molecule has 0 bridgehead atoms. The number of likely N-dealkylation sites (N-methyl/N-ethyl adjacent to an activating group) is 1. The van der Waals surface area contributed by atoms with Gasteiger partial charge in [0.05, 0.1) is 24.2 Å². The van der Waals surface area contributed by atoms with Crippen LogP contribution in [-0.2, 0) is 19.6 Å². The number of nitrogens with one attached hydrogen (secondary N) is 1. The zero-order valence-corrected chi connectivity index (χ0v) is 12.8. The second-order valence-electron chi connectivity index (χ2n) is 4.52. The SMILES string of the molecule is COCC(O)CN(C)C(=O)CNS(=O)(=O)c1ccccc1. The van der Waals surface area contributed by atoms with Crippen LogP contribution in [0.25, 0.3) is 0 Å². The number of nitrogens with zero attached hydrogens (tertiary/aromatic N) is 1. The number of carbonyl (C=O) groups is 1. The zero-order chi connectivity index (χ0) is 15.9. The molecule has 1 unspecified atom stereocenters. The van der Waals surface area contributed by atoms with Gasteiger partial charge in [-0.05, 0) is 12.1 Å². The maximum absolute atomic E-state index is 11.9. The highest BCUT2D eigenvalue weighted by atomic mass is 32.2. The van der Waals surface area contributed by atoms with E-state index < -0.39 is 22.0 Å². The number of amides is 1. The molecule has 0 heterocycles. The molecular formula is C13H20N2O5S. The van der Waals surface area contributed by atoms with E-state index in [-0.39, 0.29) is 24.6 Å². The van der Waals surface area contributed by atoms with Gasteiger partial charge >= 0.3 is 0 Å². The molecule has 0 aromatic heterocycles. The van der Waals surface area contributed by atoms with Crippen LogP contribution in [0.4, 0.5) is 0 Å². The van der Waals surface area contributed by atoms with E-state index in [1.54, 1.807) is 18.2 Å². The van der Waals surface area contributed by atoms with E-state index in [2.05, 4.69) is 4.72 Å². The molecule has 0 aliphatic heterocycles. The normalized spacial score (nSPS) is 12.9. The zero-order valence-electron chi connectivity index (χ0n) is 12.0. The summed E-state index contributed by atoms with van der Waals surface area (Å²) in [5, 5.41) is 9.52. The molecule has 1 amide bonds. The lowest BCUT2D eigenvalue weighted by molar-refractivity contribution is -0.130. The Bertz CT molecular complexity index is 547. The van der Waals surface area contributed by atoms with Crippen molar-refractivity contribution in [2.45, 2.75) is 11.0 Å². The molecule has 0 saturated carbocycles. The molecule has 0 aliphatic rings. The molecule has 1 atom stereocenters. The Morgan fingerprint density at radius 3 is 2.57 bits per heavy atom. The fourth-order valence-corrected chi connectivity index (χ4v) is 2.63. The van der Waals surface area contributed by atoms with Gasteiger partial charge in [0, 0.05) is 20.7 Å². The van der Waals surface area contributed by atoms with E-state index in [4.69, 9.17) is 4.74 Å². The first-order chi connectivity index (χ1) is 9.86. The van der Waals surface area contributed by atoms with Crippen LogP contribution in [0.2, 0.25) is 0 Å². The second kappa shape index (κ2) is 8.08. The number of aliphatic hydroxyl groups excluding tert-OH is 1. The molecule has 0 radical (unpaired) electrons. The Morgan fingerprint density at radius 1 is 1.38 bits per heavy atom. The minimum atomic E-state index is -3.71. The predicted octanol–water partition coefficient (Wildman–Crippen LogP) is -0.569. The minimum absolute atomic E-state index is 0.0692. The van der Waals surface area contributed by atoms with Crippen molar-refractivity contribution >= 4 is 15.9 Å². The molecule has 1 rings (SSSR count). The van der Waals surface area contributed by atoms with Crippen molar-refractivity contribution in [2.75, 3.05) is 33.9 Å². The van der Waals surface area contributed by atoms with Crippen LogP contribution in [0.1, 0.15) is 0 Å². The molecule has 0 saturated heterocycles. The van der Waals surface area contributed by atoms with Gasteiger partial charge in [-0.15, -0.1) is 0 Å². The minimum Gasteiger partial charge on any atom is -0.389 e. The summed E-state index contributed by atoms with van der Waals surface area (Å²) in [6.07, 6.45) is -0.810. The van der Waals surface area contributed by atoms with Crippen molar-refractivity contribution in [2.24, 2.45) is 0 Å². The van der Waals surface area contributed by atoms with Crippen LogP contribution in [0.15, 0.2) is 35.2 Å². The van der Waals surface area contributed by atoms with Gasteiger partial charge in [-0.3, -0.25) is 4.79 Å². The number of hydrogen-bond acceptors (Lipinski definition) is 5. The van der Waals surface area contributed by atoms with Gasteiger partial charge in [0.25, 0.3) is 0 Å². The number of carbonyl (C=O) groups excluding carboxylic acids is 1. The number of methoxy groups -OCH3 is 1. The van der Waals surface area contributed by atoms with Crippen molar-refractivity contribution in [3.63, 3.8) is 0 Å². The highest BCUT2D eigenvalue weighted by Gasteiger charge is 2.18. The van der Waals surface area contributed by atoms with Crippen LogP contribution < -0.4 is 4.72 Å². The van der Waals surface area contributed by atoms with Crippen LogP contribution >= 0.6 is 0 Å². The van der Waals surface area contributed by atoms with Crippen LogP contribution in [0, 0.1) is 0 Å². The number of hydrogen-bond donors (Lipinski definition) is 2. The van der Waals surface area contributed by atoms with E-state index in [0.29, 0.717) is 0 Å². The number of aliphatic hydroxyl groups is 1. The lowest BCUT2D eigenvalue weighted by Gasteiger charge is -2.20. The van der Waals surface area contributed by atoms with E-state index in [1.807, 2.05) is 0 Å². The summed E-state index contributed by atoms with van der Waals surface area (Å²) in [5.74, 6) is -0.440. The Kier molecular flexibility index (Phi) is 6.76. The summed E-state index contributed by atoms with van der Waals surface area (Å²) in [4.78, 5) is 13.2. The molecule has 118 valence electrons. The molecule has 0 fully saturated rings. The lowest BCUT2D eigenvalue weighted by atomic mass is 10.3. The molecular weight excluding hydrogens is 296 g/mol. The first kappa shape index (κ1) is 17.6. The maximum atomic E-state index is 11.9. The molecule has 2 N–H and O–H groups in total. The summed E-state index contributed by atoms with van der Waals surface area (Å²) in [6, 6.07) is 7.79. The van der Waals surface area contributed by atoms with Gasteiger partial charge in [0.1, 0.15) is 0 Å². The van der Waals surface area contributed by atoms with Crippen LogP contribution in [0.5, 0.6) is 0 Å². The molecule has 21 heavy (non-hydrogen) atoms. The number of rotatable bonds is 8. The van der Waals surface area contributed by atoms with Crippen molar-refractivity contribution in [3.8, 4) is 0 Å². The highest BCUT2D eigenvalue weighted by Crippen LogP contribution is 2.06. The summed E-state index contributed by atoms with van der Waals surface area (Å²) in [6.45, 7) is -0.194. The first-order valence-electron chi connectivity index (χ1n) is 6.32. The van der Waals surface area contributed by atoms with Crippen molar-refractivity contribution in [1.29, 1.82) is 0 Å². The predicted molar refractivity (Wildman–Crippen MR) is 77.2 cm³/mol. The first-order valence-corrected chi connectivity index (χ1v) is 7.81. The fourth-order valence-electron chi connectivity index (χ4n) is 1.64. The Labute approximate surface area is 124 Å². The van der Waals surface area contributed by atoms with Crippen LogP contribution in [0.3, 0.4) is 0 Å². The highest BCUT2D eigenvalue weighted by molar-refractivity contribution is 7.89. The molecule has 8 heteroatoms. The Hall–Kier alpha value is -1.48. The van der Waals surface area contributed by atoms with Crippen molar-refractivity contribution < 1.29 is 23.1 Å². The van der Waals surface area contributed by atoms with Crippen molar-refractivity contribution in [1.82, 2.24) is 9.62 Å². The largest absolute Gasteiger partial charge is 0.389 e. The molecule has 0 aliphatic carbocycles. The van der Waals surface area contributed by atoms with Gasteiger partial charge in [0.15, 0.2) is 0 Å². The molecule has 1 aromatic rings. The van der Waals surface area contributed by atoms with E-state index >= 15 is 0 Å². The number of benzene rings is 1. The van der Waals surface area contributed by atoms with Crippen LogP contribution in [-0.4, -0.2) is 64.3 Å². The number of sulfonamides is 1. The lowest BCUT2D eigenvalue weighted by Crippen LogP contribution is -2.42. The third kappa shape index (κ3) is 5.80. The van der Waals surface area contributed by atoms with Gasteiger partial charge in [-0.2, -0.15) is 0 Å². The average Bonchev–Trinajstić information content (AvgIpc) is 2.46. The van der Waals surface area contributed by atoms with Gasteiger partial charge in [0.2, 0.25) is 15.9 Å². The molecule has 7 nitrogen and oxygen atoms in total. The third-order valence-corrected chi connectivity index (χ3v) is 4.15. The third-order valence-electron chi connectivity index (χ3n) is 2.74. The maximum Gasteiger partial charge on any atom is 0.241 e. The second-order valence-corrected chi connectivity index (χ2v) is 6.29. The van der Waals surface area contributed by atoms with E-state index in [0.717, 1.165) is 0 Å². The Balaban J connectivity index is 2.53.